The number of nitrogens with zero attached hydrogens (tertiary/aromatic N) is 1. The fraction of sp³-hybridized carbons (Fsp3) is 0.316. The number of halogens is 2. The summed E-state index contributed by atoms with van der Waals surface area (Å²) < 4.78 is 13.1. The number of hydrogen-bond acceptors (Lipinski definition) is 2. The molecule has 1 fully saturated rings. The van der Waals surface area contributed by atoms with Crippen molar-refractivity contribution in [3.8, 4) is 0 Å². The molecule has 1 saturated heterocycles. The van der Waals surface area contributed by atoms with Crippen molar-refractivity contribution in [2.45, 2.75) is 18.9 Å². The molecule has 1 N–H and O–H groups in total. The van der Waals surface area contributed by atoms with Crippen LogP contribution in [0.3, 0.4) is 0 Å². The minimum Gasteiger partial charge on any atom is -0.388 e. The third-order valence-corrected chi connectivity index (χ3v) is 4.89. The van der Waals surface area contributed by atoms with E-state index in [1.165, 1.54) is 12.1 Å². The van der Waals surface area contributed by atoms with E-state index in [9.17, 15) is 14.3 Å². The van der Waals surface area contributed by atoms with Gasteiger partial charge in [0.05, 0.1) is 16.7 Å². The van der Waals surface area contributed by atoms with Crippen LogP contribution in [0.25, 0.3) is 0 Å². The van der Waals surface area contributed by atoms with Gasteiger partial charge in [-0.1, -0.05) is 41.9 Å². The van der Waals surface area contributed by atoms with Gasteiger partial charge in [0.25, 0.3) is 5.91 Å². The molecule has 2 aromatic rings. The van der Waals surface area contributed by atoms with Crippen LogP contribution in [0.2, 0.25) is 5.02 Å². The molecule has 1 heterocycles. The van der Waals surface area contributed by atoms with E-state index in [1.807, 2.05) is 30.3 Å². The van der Waals surface area contributed by atoms with Crippen molar-refractivity contribution in [1.29, 1.82) is 0 Å². The molecule has 1 amide bonds. The number of piperidine rings is 1. The molecule has 24 heavy (non-hydrogen) atoms. The summed E-state index contributed by atoms with van der Waals surface area (Å²) >= 11 is 5.98. The van der Waals surface area contributed by atoms with Crippen molar-refractivity contribution in [3.63, 3.8) is 0 Å². The highest BCUT2D eigenvalue weighted by atomic mass is 35.5. The normalized spacial score (nSPS) is 16.9. The summed E-state index contributed by atoms with van der Waals surface area (Å²) in [4.78, 5) is 14.3. The largest absolute Gasteiger partial charge is 0.388 e. The van der Waals surface area contributed by atoms with E-state index >= 15 is 0 Å². The van der Waals surface area contributed by atoms with Crippen LogP contribution in [-0.4, -0.2) is 29.0 Å². The maximum Gasteiger partial charge on any atom is 0.255 e. The molecular weight excluding hydrogens is 329 g/mol. The molecule has 0 bridgehead atoms. The number of aliphatic hydroxyl groups excluding tert-OH is 1. The number of carbonyl (C=O) groups is 1. The Kier molecular flexibility index (Phi) is 5.17. The number of amides is 1. The molecule has 0 saturated carbocycles. The lowest BCUT2D eigenvalue weighted by Gasteiger charge is -2.34. The second-order valence-corrected chi connectivity index (χ2v) is 6.52. The molecule has 0 spiro atoms. The van der Waals surface area contributed by atoms with Gasteiger partial charge in [0.15, 0.2) is 0 Å². The summed E-state index contributed by atoms with van der Waals surface area (Å²) in [5.41, 5.74) is 1.23. The van der Waals surface area contributed by atoms with E-state index in [0.717, 1.165) is 24.5 Å². The van der Waals surface area contributed by atoms with Crippen molar-refractivity contribution in [1.82, 2.24) is 4.90 Å². The fourth-order valence-corrected chi connectivity index (χ4v) is 3.42. The topological polar surface area (TPSA) is 40.5 Å². The quantitative estimate of drug-likeness (QED) is 0.909. The number of aliphatic hydroxyl groups is 1. The Morgan fingerprint density at radius 1 is 1.17 bits per heavy atom. The standard InChI is InChI=1S/C19H19ClFNO2/c20-17-12-15(21)6-7-16(17)19(24)22-10-8-14(9-11-22)18(23)13-4-2-1-3-5-13/h1-7,12,14,18,23H,8-11H2/t18-/m0/s1. The third-order valence-electron chi connectivity index (χ3n) is 4.58. The first kappa shape index (κ1) is 16.9. The van der Waals surface area contributed by atoms with Gasteiger partial charge < -0.3 is 10.0 Å². The molecule has 2 aromatic carbocycles. The highest BCUT2D eigenvalue weighted by molar-refractivity contribution is 6.33. The van der Waals surface area contributed by atoms with Crippen LogP contribution in [-0.2, 0) is 0 Å². The summed E-state index contributed by atoms with van der Waals surface area (Å²) in [6, 6.07) is 13.4. The second kappa shape index (κ2) is 7.32. The van der Waals surface area contributed by atoms with E-state index in [2.05, 4.69) is 0 Å². The van der Waals surface area contributed by atoms with Gasteiger partial charge in [-0.25, -0.2) is 4.39 Å². The Bertz CT molecular complexity index is 715. The lowest BCUT2D eigenvalue weighted by Crippen LogP contribution is -2.39. The van der Waals surface area contributed by atoms with Gasteiger partial charge in [-0.05, 0) is 42.5 Å². The first-order chi connectivity index (χ1) is 11.6. The average molecular weight is 348 g/mol. The van der Waals surface area contributed by atoms with Crippen molar-refractivity contribution >= 4 is 17.5 Å². The van der Waals surface area contributed by atoms with Crippen molar-refractivity contribution in [2.75, 3.05) is 13.1 Å². The van der Waals surface area contributed by atoms with Crippen LogP contribution >= 0.6 is 11.6 Å². The average Bonchev–Trinajstić information content (AvgIpc) is 2.61. The van der Waals surface area contributed by atoms with Crippen molar-refractivity contribution < 1.29 is 14.3 Å². The van der Waals surface area contributed by atoms with Gasteiger partial charge >= 0.3 is 0 Å². The molecule has 1 aliphatic rings. The molecule has 126 valence electrons. The fourth-order valence-electron chi connectivity index (χ4n) is 3.17. The third kappa shape index (κ3) is 3.60. The molecule has 0 aromatic heterocycles. The zero-order valence-electron chi connectivity index (χ0n) is 13.2. The van der Waals surface area contributed by atoms with Crippen LogP contribution in [0.5, 0.6) is 0 Å². The number of carbonyl (C=O) groups excluding carboxylic acids is 1. The summed E-state index contributed by atoms with van der Waals surface area (Å²) in [6.07, 6.45) is 0.930. The molecular formula is C19H19ClFNO2. The predicted octanol–water partition coefficient (Wildman–Crippen LogP) is 4.06. The SMILES string of the molecule is O=C(c1ccc(F)cc1Cl)N1CCC([C@@H](O)c2ccccc2)CC1. The van der Waals surface area contributed by atoms with E-state index < -0.39 is 11.9 Å². The Morgan fingerprint density at radius 3 is 2.46 bits per heavy atom. The number of hydrogen-bond donors (Lipinski definition) is 1. The van der Waals surface area contributed by atoms with Crippen LogP contribution in [0, 0.1) is 11.7 Å². The Labute approximate surface area is 145 Å². The van der Waals surface area contributed by atoms with E-state index in [1.54, 1.807) is 4.90 Å². The smallest absolute Gasteiger partial charge is 0.255 e. The summed E-state index contributed by atoms with van der Waals surface area (Å²) in [7, 11) is 0. The van der Waals surface area contributed by atoms with Crippen LogP contribution in [0.4, 0.5) is 4.39 Å². The van der Waals surface area contributed by atoms with Gasteiger partial charge in [-0.3, -0.25) is 4.79 Å². The molecule has 1 aliphatic heterocycles. The molecule has 1 atom stereocenters. The summed E-state index contributed by atoms with van der Waals surface area (Å²) in [6.45, 7) is 1.11. The first-order valence-corrected chi connectivity index (χ1v) is 8.41. The maximum atomic E-state index is 13.1. The Hall–Kier alpha value is -1.91. The van der Waals surface area contributed by atoms with Crippen LogP contribution in [0.1, 0.15) is 34.9 Å². The molecule has 3 rings (SSSR count). The van der Waals surface area contributed by atoms with Crippen LogP contribution in [0.15, 0.2) is 48.5 Å². The lowest BCUT2D eigenvalue weighted by atomic mass is 9.87. The zero-order chi connectivity index (χ0) is 17.1. The Morgan fingerprint density at radius 2 is 1.83 bits per heavy atom. The highest BCUT2D eigenvalue weighted by Gasteiger charge is 2.29. The maximum absolute atomic E-state index is 13.1. The molecule has 0 unspecified atom stereocenters. The Balaban J connectivity index is 1.63. The lowest BCUT2D eigenvalue weighted by molar-refractivity contribution is 0.0462. The number of rotatable bonds is 3. The van der Waals surface area contributed by atoms with Gasteiger partial charge in [0.1, 0.15) is 5.82 Å². The monoisotopic (exact) mass is 347 g/mol. The van der Waals surface area contributed by atoms with Gasteiger partial charge in [-0.2, -0.15) is 0 Å². The second-order valence-electron chi connectivity index (χ2n) is 6.11. The molecule has 0 aliphatic carbocycles. The van der Waals surface area contributed by atoms with E-state index in [0.29, 0.717) is 18.7 Å². The zero-order valence-corrected chi connectivity index (χ0v) is 13.9. The predicted molar refractivity (Wildman–Crippen MR) is 91.4 cm³/mol. The van der Waals surface area contributed by atoms with Crippen LogP contribution < -0.4 is 0 Å². The van der Waals surface area contributed by atoms with E-state index in [4.69, 9.17) is 11.6 Å². The molecule has 0 radical (unpaired) electrons. The number of benzene rings is 2. The van der Waals surface area contributed by atoms with Crippen molar-refractivity contribution in [3.05, 3.63) is 70.5 Å². The highest BCUT2D eigenvalue weighted by Crippen LogP contribution is 2.31. The minimum absolute atomic E-state index is 0.125. The van der Waals surface area contributed by atoms with E-state index in [-0.39, 0.29) is 16.8 Å². The minimum atomic E-state index is -0.516. The van der Waals surface area contributed by atoms with Gasteiger partial charge in [0.2, 0.25) is 0 Å². The van der Waals surface area contributed by atoms with Gasteiger partial charge in [-0.15, -0.1) is 0 Å². The van der Waals surface area contributed by atoms with Crippen molar-refractivity contribution in [2.24, 2.45) is 5.92 Å². The first-order valence-electron chi connectivity index (χ1n) is 8.03. The number of likely N-dealkylation sites (tertiary alicyclic amines) is 1. The molecule has 5 heteroatoms. The van der Waals surface area contributed by atoms with Gasteiger partial charge in [0, 0.05) is 13.1 Å². The summed E-state index contributed by atoms with van der Waals surface area (Å²) in [5, 5.41) is 10.6. The summed E-state index contributed by atoms with van der Waals surface area (Å²) in [5.74, 6) is -0.519. The molecule has 3 nitrogen and oxygen atoms in total.